The standard InChI is InChI=1S/C29H40O6/c1-4-7-10-12-23-15-19-25(20-16-23)28(30)34-32-27(14-9-6-3)33-35-29(31)26-21-17-24(18-22-26)13-11-8-5-2/h15-22,27H,4-14H2,1-3H3. The second-order valence-corrected chi connectivity index (χ2v) is 8.81. The van der Waals surface area contributed by atoms with Crippen molar-refractivity contribution in [2.75, 3.05) is 0 Å². The van der Waals surface area contributed by atoms with Crippen molar-refractivity contribution in [3.63, 3.8) is 0 Å². The van der Waals surface area contributed by atoms with Gasteiger partial charge in [-0.05, 0) is 67.5 Å². The minimum Gasteiger partial charge on any atom is -0.290 e. The van der Waals surface area contributed by atoms with E-state index in [1.165, 1.54) is 36.8 Å². The van der Waals surface area contributed by atoms with Gasteiger partial charge in [0.1, 0.15) is 0 Å². The van der Waals surface area contributed by atoms with Gasteiger partial charge < -0.3 is 0 Å². The van der Waals surface area contributed by atoms with Crippen LogP contribution in [0.4, 0.5) is 0 Å². The summed E-state index contributed by atoms with van der Waals surface area (Å²) in [5, 5.41) is 0. The van der Waals surface area contributed by atoms with Gasteiger partial charge in [-0.2, -0.15) is 0 Å². The summed E-state index contributed by atoms with van der Waals surface area (Å²) in [5.74, 6) is -1.25. The number of rotatable bonds is 17. The number of carbonyl (C=O) groups excluding carboxylic acids is 2. The fourth-order valence-electron chi connectivity index (χ4n) is 3.55. The summed E-state index contributed by atoms with van der Waals surface area (Å²) in [6.07, 6.45) is 9.96. The molecule has 0 radical (unpaired) electrons. The van der Waals surface area contributed by atoms with E-state index in [1.807, 2.05) is 31.2 Å². The molecular weight excluding hydrogens is 444 g/mol. The van der Waals surface area contributed by atoms with E-state index in [1.54, 1.807) is 24.3 Å². The molecule has 0 heterocycles. The van der Waals surface area contributed by atoms with Gasteiger partial charge in [-0.3, -0.25) is 9.78 Å². The van der Waals surface area contributed by atoms with Crippen LogP contribution in [0.3, 0.4) is 0 Å². The Morgan fingerprint density at radius 2 is 1.00 bits per heavy atom. The normalized spacial score (nSPS) is 11.0. The fourth-order valence-corrected chi connectivity index (χ4v) is 3.55. The predicted octanol–water partition coefficient (Wildman–Crippen LogP) is 7.55. The van der Waals surface area contributed by atoms with Crippen molar-refractivity contribution in [3.8, 4) is 0 Å². The van der Waals surface area contributed by atoms with Crippen molar-refractivity contribution >= 4 is 11.9 Å². The largest absolute Gasteiger partial charge is 0.373 e. The first-order chi connectivity index (χ1) is 17.1. The summed E-state index contributed by atoms with van der Waals surface area (Å²) in [6.45, 7) is 6.35. The lowest BCUT2D eigenvalue weighted by atomic mass is 10.1. The zero-order valence-corrected chi connectivity index (χ0v) is 21.4. The van der Waals surface area contributed by atoms with Crippen LogP contribution in [0.15, 0.2) is 48.5 Å². The highest BCUT2D eigenvalue weighted by Gasteiger charge is 2.19. The molecule has 0 spiro atoms. The molecule has 0 aliphatic carbocycles. The molecule has 0 saturated carbocycles. The van der Waals surface area contributed by atoms with Crippen LogP contribution in [-0.2, 0) is 32.4 Å². The average Bonchev–Trinajstić information content (AvgIpc) is 2.89. The third kappa shape index (κ3) is 11.1. The van der Waals surface area contributed by atoms with Crippen LogP contribution < -0.4 is 0 Å². The molecule has 0 aliphatic heterocycles. The molecule has 0 atom stereocenters. The minimum absolute atomic E-state index is 0.384. The first-order valence-electron chi connectivity index (χ1n) is 13.0. The lowest BCUT2D eigenvalue weighted by Crippen LogP contribution is -2.22. The van der Waals surface area contributed by atoms with Crippen molar-refractivity contribution in [2.45, 2.75) is 97.7 Å². The Labute approximate surface area is 209 Å². The second kappa shape index (κ2) is 16.8. The number of benzene rings is 2. The highest BCUT2D eigenvalue weighted by Crippen LogP contribution is 2.14. The van der Waals surface area contributed by atoms with Gasteiger partial charge in [-0.15, -0.1) is 9.78 Å². The van der Waals surface area contributed by atoms with E-state index in [9.17, 15) is 9.59 Å². The van der Waals surface area contributed by atoms with Gasteiger partial charge in [-0.25, -0.2) is 9.59 Å². The van der Waals surface area contributed by atoms with Crippen molar-refractivity contribution in [2.24, 2.45) is 0 Å². The molecule has 0 fully saturated rings. The average molecular weight is 485 g/mol. The van der Waals surface area contributed by atoms with E-state index in [2.05, 4.69) is 13.8 Å². The molecule has 6 nitrogen and oxygen atoms in total. The van der Waals surface area contributed by atoms with E-state index in [-0.39, 0.29) is 0 Å². The van der Waals surface area contributed by atoms with Gasteiger partial charge in [0.2, 0.25) is 6.29 Å². The molecule has 2 aromatic carbocycles. The lowest BCUT2D eigenvalue weighted by Gasteiger charge is -2.15. The van der Waals surface area contributed by atoms with Crippen molar-refractivity contribution in [1.82, 2.24) is 0 Å². The fraction of sp³-hybridized carbons (Fsp3) is 0.517. The number of unbranched alkanes of at least 4 members (excludes halogenated alkanes) is 5. The molecule has 2 aromatic rings. The monoisotopic (exact) mass is 484 g/mol. The molecule has 6 heteroatoms. The van der Waals surface area contributed by atoms with Gasteiger partial charge in [0, 0.05) is 6.42 Å². The first kappa shape index (κ1) is 28.5. The van der Waals surface area contributed by atoms with Crippen LogP contribution in [0, 0.1) is 0 Å². The van der Waals surface area contributed by atoms with Gasteiger partial charge >= 0.3 is 11.9 Å². The number of carbonyl (C=O) groups is 2. The zero-order valence-electron chi connectivity index (χ0n) is 21.4. The molecule has 0 N–H and O–H groups in total. The van der Waals surface area contributed by atoms with E-state index in [0.29, 0.717) is 17.5 Å². The third-order valence-corrected chi connectivity index (χ3v) is 5.77. The van der Waals surface area contributed by atoms with Crippen molar-refractivity contribution in [3.05, 3.63) is 70.8 Å². The summed E-state index contributed by atoms with van der Waals surface area (Å²) in [6, 6.07) is 14.6. The van der Waals surface area contributed by atoms with E-state index < -0.39 is 18.2 Å². The summed E-state index contributed by atoms with van der Waals surface area (Å²) in [5.41, 5.74) is 3.13. The van der Waals surface area contributed by atoms with E-state index in [0.717, 1.165) is 38.5 Å². The lowest BCUT2D eigenvalue weighted by molar-refractivity contribution is -0.421. The van der Waals surface area contributed by atoms with Crippen LogP contribution >= 0.6 is 0 Å². The molecule has 0 saturated heterocycles. The van der Waals surface area contributed by atoms with Crippen LogP contribution in [0.5, 0.6) is 0 Å². The summed E-state index contributed by atoms with van der Waals surface area (Å²) in [7, 11) is 0. The molecule has 0 amide bonds. The topological polar surface area (TPSA) is 71.1 Å². The van der Waals surface area contributed by atoms with Crippen molar-refractivity contribution in [1.29, 1.82) is 0 Å². The number of aryl methyl sites for hydroxylation is 2. The Kier molecular flexibility index (Phi) is 13.7. The molecule has 0 aromatic heterocycles. The highest BCUT2D eigenvalue weighted by atomic mass is 17.3. The van der Waals surface area contributed by atoms with Crippen LogP contribution in [0.25, 0.3) is 0 Å². The van der Waals surface area contributed by atoms with Gasteiger partial charge in [0.25, 0.3) is 0 Å². The summed E-state index contributed by atoms with van der Waals surface area (Å²) >= 11 is 0. The van der Waals surface area contributed by atoms with Crippen molar-refractivity contribution < 1.29 is 29.1 Å². The zero-order chi connectivity index (χ0) is 25.3. The maximum atomic E-state index is 12.4. The third-order valence-electron chi connectivity index (χ3n) is 5.77. The van der Waals surface area contributed by atoms with Crippen LogP contribution in [-0.4, -0.2) is 18.2 Å². The minimum atomic E-state index is -1.01. The maximum absolute atomic E-state index is 12.4. The second-order valence-electron chi connectivity index (χ2n) is 8.81. The van der Waals surface area contributed by atoms with Crippen LogP contribution in [0.2, 0.25) is 0 Å². The Hall–Kier alpha value is -2.70. The molecule has 35 heavy (non-hydrogen) atoms. The van der Waals surface area contributed by atoms with E-state index in [4.69, 9.17) is 19.6 Å². The quantitative estimate of drug-likeness (QED) is 0.0999. The summed E-state index contributed by atoms with van der Waals surface area (Å²) in [4.78, 5) is 45.0. The van der Waals surface area contributed by atoms with Gasteiger partial charge in [0.15, 0.2) is 0 Å². The van der Waals surface area contributed by atoms with E-state index >= 15 is 0 Å². The molecular formula is C29H40O6. The molecule has 192 valence electrons. The smallest absolute Gasteiger partial charge is 0.290 e. The molecule has 0 unspecified atom stereocenters. The Morgan fingerprint density at radius 1 is 0.600 bits per heavy atom. The molecule has 2 rings (SSSR count). The number of hydrogen-bond donors (Lipinski definition) is 0. The SMILES string of the molecule is CCCCCc1ccc(C(=O)OOC(CCCC)OOC(=O)c2ccc(CCCCC)cc2)cc1. The number of hydrogen-bond acceptors (Lipinski definition) is 6. The molecule has 0 bridgehead atoms. The molecule has 0 aliphatic rings. The van der Waals surface area contributed by atoms with Gasteiger partial charge in [0.05, 0.1) is 11.1 Å². The Balaban J connectivity index is 1.83. The first-order valence-corrected chi connectivity index (χ1v) is 13.0. The maximum Gasteiger partial charge on any atom is 0.373 e. The predicted molar refractivity (Wildman–Crippen MR) is 136 cm³/mol. The Bertz CT molecular complexity index is 790. The Morgan fingerprint density at radius 3 is 1.37 bits per heavy atom. The van der Waals surface area contributed by atoms with Gasteiger partial charge in [-0.1, -0.05) is 77.1 Å². The van der Waals surface area contributed by atoms with Crippen LogP contribution in [0.1, 0.15) is 110 Å². The summed E-state index contributed by atoms with van der Waals surface area (Å²) < 4.78 is 0. The highest BCUT2D eigenvalue weighted by molar-refractivity contribution is 5.89.